The zero-order valence-electron chi connectivity index (χ0n) is 12.9. The first kappa shape index (κ1) is 17.1. The van der Waals surface area contributed by atoms with E-state index in [1.165, 1.54) is 5.56 Å². The lowest BCUT2D eigenvalue weighted by molar-refractivity contribution is 0.241. The summed E-state index contributed by atoms with van der Waals surface area (Å²) >= 11 is 0. The minimum atomic E-state index is 0. The van der Waals surface area contributed by atoms with Crippen LogP contribution in [0.25, 0.3) is 0 Å². The molecule has 0 aromatic heterocycles. The van der Waals surface area contributed by atoms with Gasteiger partial charge in [0, 0.05) is 19.0 Å². The van der Waals surface area contributed by atoms with E-state index in [0.717, 1.165) is 37.5 Å². The van der Waals surface area contributed by atoms with Crippen LogP contribution in [0, 0.1) is 0 Å². The van der Waals surface area contributed by atoms with Crippen molar-refractivity contribution in [2.24, 2.45) is 4.99 Å². The number of nitrogens with one attached hydrogen (secondary N) is 2. The van der Waals surface area contributed by atoms with E-state index in [0.29, 0.717) is 12.6 Å². The molecule has 0 saturated carbocycles. The Hall–Kier alpha value is -1.24. The van der Waals surface area contributed by atoms with Gasteiger partial charge < -0.3 is 15.4 Å². The van der Waals surface area contributed by atoms with Gasteiger partial charge in [-0.3, -0.25) is 0 Å². The predicted molar refractivity (Wildman–Crippen MR) is 101 cm³/mol. The quantitative estimate of drug-likeness (QED) is 0.346. The summed E-state index contributed by atoms with van der Waals surface area (Å²) in [6.45, 7) is 3.65. The van der Waals surface area contributed by atoms with E-state index in [-0.39, 0.29) is 30.1 Å². The van der Waals surface area contributed by atoms with Crippen molar-refractivity contribution in [1.82, 2.24) is 10.6 Å². The summed E-state index contributed by atoms with van der Waals surface area (Å²) in [6.07, 6.45) is 7.70. The molecule has 1 aliphatic heterocycles. The first-order valence-electron chi connectivity index (χ1n) is 7.79. The van der Waals surface area contributed by atoms with E-state index in [1.54, 1.807) is 0 Å². The third-order valence-electron chi connectivity index (χ3n) is 3.86. The third-order valence-corrected chi connectivity index (χ3v) is 3.86. The summed E-state index contributed by atoms with van der Waals surface area (Å²) in [5, 5.41) is 6.79. The van der Waals surface area contributed by atoms with Gasteiger partial charge in [0.2, 0.25) is 0 Å². The summed E-state index contributed by atoms with van der Waals surface area (Å²) < 4.78 is 5.93. The van der Waals surface area contributed by atoms with Crippen molar-refractivity contribution in [3.63, 3.8) is 0 Å². The van der Waals surface area contributed by atoms with Crippen molar-refractivity contribution in [2.75, 3.05) is 13.1 Å². The van der Waals surface area contributed by atoms with Gasteiger partial charge >= 0.3 is 0 Å². The van der Waals surface area contributed by atoms with Crippen LogP contribution in [0.2, 0.25) is 0 Å². The van der Waals surface area contributed by atoms with Crippen molar-refractivity contribution in [1.29, 1.82) is 0 Å². The second-order valence-corrected chi connectivity index (χ2v) is 5.56. The summed E-state index contributed by atoms with van der Waals surface area (Å²) in [7, 11) is 0. The monoisotopic (exact) mass is 413 g/mol. The third kappa shape index (κ3) is 4.38. The Kier molecular flexibility index (Phi) is 6.54. The van der Waals surface area contributed by atoms with Crippen LogP contribution in [-0.4, -0.2) is 31.2 Å². The SMILES string of the molecule is CCNC(=NCC1Cc2ccccc2O1)NC1CC=CC1.I. The molecule has 0 radical (unpaired) electrons. The fourth-order valence-electron chi connectivity index (χ4n) is 2.80. The lowest BCUT2D eigenvalue weighted by Gasteiger charge is -2.17. The van der Waals surface area contributed by atoms with Crippen LogP contribution in [0.3, 0.4) is 0 Å². The number of nitrogens with zero attached hydrogens (tertiary/aromatic N) is 1. The largest absolute Gasteiger partial charge is 0.488 e. The van der Waals surface area contributed by atoms with Crippen LogP contribution in [0.1, 0.15) is 25.3 Å². The second kappa shape index (κ2) is 8.41. The van der Waals surface area contributed by atoms with Gasteiger partial charge in [-0.1, -0.05) is 30.4 Å². The van der Waals surface area contributed by atoms with Crippen LogP contribution < -0.4 is 15.4 Å². The molecule has 4 nitrogen and oxygen atoms in total. The van der Waals surface area contributed by atoms with Crippen LogP contribution in [0.4, 0.5) is 0 Å². The Morgan fingerprint density at radius 3 is 2.77 bits per heavy atom. The number of rotatable bonds is 4. The Morgan fingerprint density at radius 2 is 2.05 bits per heavy atom. The highest BCUT2D eigenvalue weighted by molar-refractivity contribution is 14.0. The number of halogens is 1. The number of hydrogen-bond donors (Lipinski definition) is 2. The number of aliphatic imine (C=N–C) groups is 1. The van der Waals surface area contributed by atoms with Gasteiger partial charge in [0.25, 0.3) is 0 Å². The normalized spacial score (nSPS) is 20.2. The van der Waals surface area contributed by atoms with Crippen LogP contribution in [0.15, 0.2) is 41.4 Å². The summed E-state index contributed by atoms with van der Waals surface area (Å²) in [5.74, 6) is 1.90. The van der Waals surface area contributed by atoms with Crippen molar-refractivity contribution in [3.8, 4) is 5.75 Å². The summed E-state index contributed by atoms with van der Waals surface area (Å²) in [6, 6.07) is 8.72. The molecular weight excluding hydrogens is 389 g/mol. The van der Waals surface area contributed by atoms with Crippen LogP contribution in [0.5, 0.6) is 5.75 Å². The maximum atomic E-state index is 5.93. The van der Waals surface area contributed by atoms with Gasteiger partial charge in [-0.15, -0.1) is 24.0 Å². The second-order valence-electron chi connectivity index (χ2n) is 5.56. The highest BCUT2D eigenvalue weighted by Crippen LogP contribution is 2.28. The maximum absolute atomic E-state index is 5.93. The van der Waals surface area contributed by atoms with Crippen LogP contribution in [-0.2, 0) is 6.42 Å². The maximum Gasteiger partial charge on any atom is 0.191 e. The topological polar surface area (TPSA) is 45.7 Å². The van der Waals surface area contributed by atoms with Crippen molar-refractivity contribution in [3.05, 3.63) is 42.0 Å². The molecule has 0 saturated heterocycles. The van der Waals surface area contributed by atoms with E-state index < -0.39 is 0 Å². The molecule has 1 unspecified atom stereocenters. The lowest BCUT2D eigenvalue weighted by Crippen LogP contribution is -2.43. The Balaban J connectivity index is 0.00000176. The summed E-state index contributed by atoms with van der Waals surface area (Å²) in [4.78, 5) is 4.68. The smallest absolute Gasteiger partial charge is 0.191 e. The van der Waals surface area contributed by atoms with Gasteiger partial charge in [0.15, 0.2) is 5.96 Å². The molecule has 2 N–H and O–H groups in total. The standard InChI is InChI=1S/C17H23N3O.HI/c1-2-18-17(20-14-8-4-5-9-14)19-12-15-11-13-7-3-6-10-16(13)21-15;/h3-7,10,14-15H,2,8-9,11-12H2,1H3,(H2,18,19,20);1H. The molecule has 1 aromatic carbocycles. The number of benzene rings is 1. The molecule has 2 aliphatic rings. The molecule has 0 amide bonds. The molecular formula is C17H24IN3O. The van der Waals surface area contributed by atoms with E-state index in [9.17, 15) is 0 Å². The van der Waals surface area contributed by atoms with E-state index >= 15 is 0 Å². The van der Waals surface area contributed by atoms with E-state index in [4.69, 9.17) is 4.74 Å². The fourth-order valence-corrected chi connectivity index (χ4v) is 2.80. The molecule has 1 aromatic rings. The first-order valence-corrected chi connectivity index (χ1v) is 7.79. The van der Waals surface area contributed by atoms with Crippen molar-refractivity contribution < 1.29 is 4.74 Å². The van der Waals surface area contributed by atoms with Gasteiger partial charge in [-0.05, 0) is 31.4 Å². The Bertz CT molecular complexity index is 511. The minimum absolute atomic E-state index is 0. The molecule has 1 aliphatic carbocycles. The van der Waals surface area contributed by atoms with Gasteiger partial charge in [0.05, 0.1) is 6.54 Å². The minimum Gasteiger partial charge on any atom is -0.488 e. The van der Waals surface area contributed by atoms with Gasteiger partial charge in [0.1, 0.15) is 11.9 Å². The Morgan fingerprint density at radius 1 is 1.27 bits per heavy atom. The molecule has 5 heteroatoms. The highest BCUT2D eigenvalue weighted by Gasteiger charge is 2.22. The highest BCUT2D eigenvalue weighted by atomic mass is 127. The zero-order valence-corrected chi connectivity index (χ0v) is 15.2. The molecule has 0 bridgehead atoms. The molecule has 1 atom stereocenters. The molecule has 1 heterocycles. The predicted octanol–water partition coefficient (Wildman–Crippen LogP) is 2.88. The average molecular weight is 413 g/mol. The molecule has 0 fully saturated rings. The number of guanidine groups is 1. The number of hydrogen-bond acceptors (Lipinski definition) is 2. The Labute approximate surface area is 149 Å². The zero-order chi connectivity index (χ0) is 14.5. The molecule has 22 heavy (non-hydrogen) atoms. The molecule has 120 valence electrons. The summed E-state index contributed by atoms with van der Waals surface area (Å²) in [5.41, 5.74) is 1.29. The van der Waals surface area contributed by atoms with Crippen LogP contribution >= 0.6 is 24.0 Å². The van der Waals surface area contributed by atoms with Crippen molar-refractivity contribution in [2.45, 2.75) is 38.3 Å². The average Bonchev–Trinajstić information content (AvgIpc) is 3.13. The van der Waals surface area contributed by atoms with E-state index in [2.05, 4.69) is 46.8 Å². The number of para-hydroxylation sites is 1. The first-order chi connectivity index (χ1) is 10.3. The van der Waals surface area contributed by atoms with Gasteiger partial charge in [-0.2, -0.15) is 0 Å². The molecule has 3 rings (SSSR count). The van der Waals surface area contributed by atoms with Gasteiger partial charge in [-0.25, -0.2) is 4.99 Å². The van der Waals surface area contributed by atoms with E-state index in [1.807, 2.05) is 12.1 Å². The fraction of sp³-hybridized carbons (Fsp3) is 0.471. The molecule has 0 spiro atoms. The number of ether oxygens (including phenoxy) is 1. The number of fused-ring (bicyclic) bond motifs is 1. The van der Waals surface area contributed by atoms with Crippen molar-refractivity contribution >= 4 is 29.9 Å². The lowest BCUT2D eigenvalue weighted by atomic mass is 10.1.